The van der Waals surface area contributed by atoms with Crippen LogP contribution >= 0.6 is 0 Å². The lowest BCUT2D eigenvalue weighted by Crippen LogP contribution is -2.35. The molecule has 0 fully saturated rings. The van der Waals surface area contributed by atoms with Gasteiger partial charge in [0.2, 0.25) is 16.9 Å². The minimum atomic E-state index is -0.321. The van der Waals surface area contributed by atoms with E-state index < -0.39 is 0 Å². The van der Waals surface area contributed by atoms with Crippen molar-refractivity contribution < 1.29 is 18.4 Å². The van der Waals surface area contributed by atoms with E-state index in [9.17, 15) is 9.59 Å². The molecule has 2 aromatic heterocycles. The van der Waals surface area contributed by atoms with Crippen LogP contribution in [0, 0.1) is 13.8 Å². The van der Waals surface area contributed by atoms with Gasteiger partial charge in [-0.3, -0.25) is 9.59 Å². The second kappa shape index (κ2) is 7.70. The van der Waals surface area contributed by atoms with Crippen LogP contribution in [0.5, 0.6) is 5.75 Å². The summed E-state index contributed by atoms with van der Waals surface area (Å²) in [6.45, 7) is 8.59. The number of amides is 1. The topological polar surface area (TPSA) is 72.9 Å². The third-order valence-corrected chi connectivity index (χ3v) is 4.67. The van der Waals surface area contributed by atoms with Gasteiger partial charge in [0.25, 0.3) is 5.91 Å². The Morgan fingerprint density at radius 3 is 2.48 bits per heavy atom. The highest BCUT2D eigenvalue weighted by molar-refractivity contribution is 5.83. The number of benzene rings is 1. The van der Waals surface area contributed by atoms with Crippen LogP contribution in [0.1, 0.15) is 25.0 Å². The molecule has 0 atom stereocenters. The Bertz CT molecular complexity index is 1010. The van der Waals surface area contributed by atoms with Crippen LogP contribution in [-0.4, -0.2) is 30.5 Å². The molecule has 6 heteroatoms. The first-order valence-electron chi connectivity index (χ1n) is 8.98. The molecule has 0 N–H and O–H groups in total. The molecule has 0 unspecified atom stereocenters. The van der Waals surface area contributed by atoms with Gasteiger partial charge in [0.05, 0.1) is 11.6 Å². The van der Waals surface area contributed by atoms with Crippen molar-refractivity contribution in [3.8, 4) is 17.3 Å². The van der Waals surface area contributed by atoms with E-state index in [4.69, 9.17) is 13.6 Å². The van der Waals surface area contributed by atoms with Crippen molar-refractivity contribution in [2.45, 2.75) is 27.7 Å². The van der Waals surface area contributed by atoms with E-state index in [0.717, 1.165) is 11.1 Å². The van der Waals surface area contributed by atoms with Gasteiger partial charge in [0.15, 0.2) is 12.4 Å². The molecule has 0 bridgehead atoms. The maximum atomic E-state index is 13.1. The van der Waals surface area contributed by atoms with Crippen LogP contribution in [-0.2, 0) is 4.79 Å². The van der Waals surface area contributed by atoms with Gasteiger partial charge in [-0.05, 0) is 63.1 Å². The van der Waals surface area contributed by atoms with Gasteiger partial charge >= 0.3 is 0 Å². The number of likely N-dealkylation sites (N-methyl/N-ethyl adjacent to an activating group) is 1. The quantitative estimate of drug-likeness (QED) is 0.658. The van der Waals surface area contributed by atoms with Gasteiger partial charge < -0.3 is 18.5 Å². The van der Waals surface area contributed by atoms with Crippen LogP contribution in [0.4, 0.5) is 0 Å². The highest BCUT2D eigenvalue weighted by Crippen LogP contribution is 2.32. The van der Waals surface area contributed by atoms with E-state index in [2.05, 4.69) is 0 Å². The molecule has 6 nitrogen and oxygen atoms in total. The van der Waals surface area contributed by atoms with Crippen molar-refractivity contribution in [1.82, 2.24) is 4.90 Å². The molecule has 1 aromatic carbocycles. The summed E-state index contributed by atoms with van der Waals surface area (Å²) in [7, 11) is 0. The Kier molecular flexibility index (Phi) is 5.35. The Labute approximate surface area is 157 Å². The monoisotopic (exact) mass is 369 g/mol. The number of nitrogens with zero attached hydrogens (tertiary/aromatic N) is 1. The summed E-state index contributed by atoms with van der Waals surface area (Å²) in [5, 5.41) is 0.415. The van der Waals surface area contributed by atoms with E-state index in [1.54, 1.807) is 23.1 Å². The maximum absolute atomic E-state index is 13.1. The van der Waals surface area contributed by atoms with E-state index >= 15 is 0 Å². The Morgan fingerprint density at radius 1 is 1.15 bits per heavy atom. The molecule has 0 spiro atoms. The predicted octanol–water partition coefficient (Wildman–Crippen LogP) is 3.92. The first-order valence-corrected chi connectivity index (χ1v) is 8.98. The molecule has 27 heavy (non-hydrogen) atoms. The van der Waals surface area contributed by atoms with E-state index in [0.29, 0.717) is 29.8 Å². The van der Waals surface area contributed by atoms with Gasteiger partial charge in [-0.1, -0.05) is 0 Å². The molecule has 0 aliphatic heterocycles. The molecule has 3 rings (SSSR count). The normalized spacial score (nSPS) is 11.0. The van der Waals surface area contributed by atoms with Gasteiger partial charge in [-0.2, -0.15) is 0 Å². The summed E-state index contributed by atoms with van der Waals surface area (Å²) in [6, 6.07) is 6.99. The number of furan rings is 1. The molecule has 0 radical (unpaired) electrons. The average molecular weight is 369 g/mol. The molecular weight excluding hydrogens is 346 g/mol. The average Bonchev–Trinajstić information content (AvgIpc) is 3.18. The second-order valence-corrected chi connectivity index (χ2v) is 6.35. The summed E-state index contributed by atoms with van der Waals surface area (Å²) in [5.41, 5.74) is 2.13. The van der Waals surface area contributed by atoms with Gasteiger partial charge in [0, 0.05) is 13.1 Å². The number of aryl methyl sites for hydroxylation is 2. The SMILES string of the molecule is CCN(CC)C(=O)COc1c(-c2ccco2)oc2cc(C)c(C)cc2c1=O. The lowest BCUT2D eigenvalue weighted by atomic mass is 10.1. The van der Waals surface area contributed by atoms with Crippen molar-refractivity contribution in [3.63, 3.8) is 0 Å². The number of fused-ring (bicyclic) bond motifs is 1. The van der Waals surface area contributed by atoms with Crippen LogP contribution < -0.4 is 10.2 Å². The van der Waals surface area contributed by atoms with Crippen molar-refractivity contribution in [1.29, 1.82) is 0 Å². The van der Waals surface area contributed by atoms with E-state index in [-0.39, 0.29) is 29.5 Å². The van der Waals surface area contributed by atoms with E-state index in [1.165, 1.54) is 6.26 Å². The number of hydrogen-bond acceptors (Lipinski definition) is 5. The summed E-state index contributed by atoms with van der Waals surface area (Å²) in [6.07, 6.45) is 1.49. The number of carbonyl (C=O) groups excluding carboxylic acids is 1. The fourth-order valence-corrected chi connectivity index (χ4v) is 2.94. The molecule has 0 aliphatic carbocycles. The lowest BCUT2D eigenvalue weighted by Gasteiger charge is -2.19. The first kappa shape index (κ1) is 18.8. The van der Waals surface area contributed by atoms with Crippen molar-refractivity contribution >= 4 is 16.9 Å². The van der Waals surface area contributed by atoms with Crippen LogP contribution in [0.25, 0.3) is 22.5 Å². The van der Waals surface area contributed by atoms with Crippen LogP contribution in [0.15, 0.2) is 44.2 Å². The Hall–Kier alpha value is -3.02. The fourth-order valence-electron chi connectivity index (χ4n) is 2.94. The molecule has 2 heterocycles. The fraction of sp³-hybridized carbons (Fsp3) is 0.333. The maximum Gasteiger partial charge on any atom is 0.260 e. The number of ether oxygens (including phenoxy) is 1. The molecule has 0 aliphatic rings. The minimum absolute atomic E-state index is 0.0128. The van der Waals surface area contributed by atoms with Crippen molar-refractivity contribution in [2.75, 3.05) is 19.7 Å². The standard InChI is InChI=1S/C21H23NO5/c1-5-22(6-2)18(23)12-26-21-19(24)15-10-13(3)14(4)11-17(15)27-20(21)16-8-7-9-25-16/h7-11H,5-6,12H2,1-4H3. The number of rotatable bonds is 6. The minimum Gasteiger partial charge on any atom is -0.476 e. The summed E-state index contributed by atoms with van der Waals surface area (Å²) in [4.78, 5) is 27.0. The molecule has 142 valence electrons. The van der Waals surface area contributed by atoms with Crippen LogP contribution in [0.3, 0.4) is 0 Å². The molecule has 0 saturated heterocycles. The molecular formula is C21H23NO5. The van der Waals surface area contributed by atoms with Gasteiger partial charge in [0.1, 0.15) is 5.58 Å². The third-order valence-electron chi connectivity index (χ3n) is 4.67. The zero-order chi connectivity index (χ0) is 19.6. The van der Waals surface area contributed by atoms with Crippen molar-refractivity contribution in [3.05, 3.63) is 51.9 Å². The second-order valence-electron chi connectivity index (χ2n) is 6.35. The highest BCUT2D eigenvalue weighted by Gasteiger charge is 2.22. The van der Waals surface area contributed by atoms with Gasteiger partial charge in [-0.25, -0.2) is 0 Å². The summed E-state index contributed by atoms with van der Waals surface area (Å²) in [5.74, 6) is 0.358. The smallest absolute Gasteiger partial charge is 0.260 e. The number of carbonyl (C=O) groups is 1. The zero-order valence-electron chi connectivity index (χ0n) is 16.0. The largest absolute Gasteiger partial charge is 0.476 e. The highest BCUT2D eigenvalue weighted by atomic mass is 16.5. The summed E-state index contributed by atoms with van der Waals surface area (Å²) >= 11 is 0. The Balaban J connectivity index is 2.10. The van der Waals surface area contributed by atoms with Gasteiger partial charge in [-0.15, -0.1) is 0 Å². The Morgan fingerprint density at radius 2 is 1.85 bits per heavy atom. The molecule has 1 amide bonds. The first-order chi connectivity index (χ1) is 13.0. The zero-order valence-corrected chi connectivity index (χ0v) is 16.0. The van der Waals surface area contributed by atoms with Crippen LogP contribution in [0.2, 0.25) is 0 Å². The summed E-state index contributed by atoms with van der Waals surface area (Å²) < 4.78 is 17.0. The number of hydrogen-bond donors (Lipinski definition) is 0. The van der Waals surface area contributed by atoms with Crippen molar-refractivity contribution in [2.24, 2.45) is 0 Å². The predicted molar refractivity (Wildman–Crippen MR) is 103 cm³/mol. The lowest BCUT2D eigenvalue weighted by molar-refractivity contribution is -0.132. The third kappa shape index (κ3) is 3.60. The molecule has 3 aromatic rings. The molecule has 0 saturated carbocycles. The van der Waals surface area contributed by atoms with E-state index in [1.807, 2.05) is 33.8 Å².